The molecule has 1 atom stereocenters. The quantitative estimate of drug-likeness (QED) is 0.0664. The maximum atomic E-state index is 13.5. The third-order valence-electron chi connectivity index (χ3n) is 11.7. The Morgan fingerprint density at radius 1 is 0.867 bits per heavy atom. The molecule has 0 radical (unpaired) electrons. The molecule has 7 aromatic rings. The van der Waals surface area contributed by atoms with Gasteiger partial charge in [0, 0.05) is 39.6 Å². The summed E-state index contributed by atoms with van der Waals surface area (Å²) in [5, 5.41) is 17.5. The molecule has 0 fully saturated rings. The largest absolute Gasteiger partial charge is 0.458 e. The van der Waals surface area contributed by atoms with Crippen LogP contribution in [-0.4, -0.2) is 57.5 Å². The van der Waals surface area contributed by atoms with Crippen LogP contribution in [0.15, 0.2) is 108 Å². The molecule has 298 valence electrons. The number of aryl methyl sites for hydroxylation is 1. The average molecular weight is 800 g/mol. The lowest BCUT2D eigenvalue weighted by Gasteiger charge is -2.21. The Morgan fingerprint density at radius 3 is 2.37 bits per heavy atom. The fourth-order valence-corrected chi connectivity index (χ4v) is 8.67. The Bertz CT molecular complexity index is 2950. The molecule has 10 rings (SSSR count). The molecule has 0 bridgehead atoms. The summed E-state index contributed by atoms with van der Waals surface area (Å²) < 4.78 is 17.9. The molecule has 1 unspecified atom stereocenters. The Morgan fingerprint density at radius 2 is 1.60 bits per heavy atom. The van der Waals surface area contributed by atoms with Gasteiger partial charge < -0.3 is 34.5 Å². The second-order valence-corrected chi connectivity index (χ2v) is 15.1. The van der Waals surface area contributed by atoms with Crippen molar-refractivity contribution in [1.29, 1.82) is 0 Å². The van der Waals surface area contributed by atoms with E-state index in [9.17, 15) is 24.3 Å². The van der Waals surface area contributed by atoms with Crippen LogP contribution in [0.4, 0.5) is 4.79 Å². The Hall–Kier alpha value is -7.22. The van der Waals surface area contributed by atoms with Crippen molar-refractivity contribution in [3.8, 4) is 33.6 Å². The summed E-state index contributed by atoms with van der Waals surface area (Å²) in [6.07, 6.45) is -0.351. The summed E-state index contributed by atoms with van der Waals surface area (Å²) >= 11 is 0. The summed E-state index contributed by atoms with van der Waals surface area (Å²) in [4.78, 5) is 60.3. The molecule has 3 N–H and O–H groups in total. The molecule has 5 heterocycles. The summed E-state index contributed by atoms with van der Waals surface area (Å²) in [5.41, 5.74) is 12.1. The lowest BCUT2D eigenvalue weighted by atomic mass is 9.96. The zero-order chi connectivity index (χ0) is 41.1. The highest BCUT2D eigenvalue weighted by molar-refractivity contribution is 6.09. The SMILES string of the molecule is Cc1c2c(nc3ccc4ncc(-c5ccc(COCNC(=O)CNC(=O)OCC6c7ccccc7-c7ccccc76)cc5)cc4c13)-c1cc3c(c(=O)n1C2)COC(=O)C3O. The highest BCUT2D eigenvalue weighted by Crippen LogP contribution is 2.45. The van der Waals surface area contributed by atoms with E-state index in [1.165, 1.54) is 0 Å². The van der Waals surface area contributed by atoms with E-state index in [0.29, 0.717) is 17.9 Å². The lowest BCUT2D eigenvalue weighted by Crippen LogP contribution is -2.38. The summed E-state index contributed by atoms with van der Waals surface area (Å²) in [5.74, 6) is -1.25. The number of rotatable bonds is 9. The minimum atomic E-state index is -1.51. The van der Waals surface area contributed by atoms with Gasteiger partial charge in [0.2, 0.25) is 5.91 Å². The maximum Gasteiger partial charge on any atom is 0.407 e. The monoisotopic (exact) mass is 799 g/mol. The van der Waals surface area contributed by atoms with Crippen LogP contribution in [-0.2, 0) is 43.6 Å². The number of nitrogens with zero attached hydrogens (tertiary/aromatic N) is 3. The zero-order valence-corrected chi connectivity index (χ0v) is 32.4. The van der Waals surface area contributed by atoms with Crippen LogP contribution in [0.3, 0.4) is 0 Å². The summed E-state index contributed by atoms with van der Waals surface area (Å²) in [6, 6.07) is 31.7. The molecule has 1 aliphatic carbocycles. The zero-order valence-electron chi connectivity index (χ0n) is 32.4. The van der Waals surface area contributed by atoms with Gasteiger partial charge in [-0.15, -0.1) is 0 Å². The van der Waals surface area contributed by atoms with Gasteiger partial charge in [0.1, 0.15) is 26.5 Å². The van der Waals surface area contributed by atoms with Crippen molar-refractivity contribution >= 4 is 39.8 Å². The van der Waals surface area contributed by atoms with Gasteiger partial charge in [0.15, 0.2) is 6.10 Å². The van der Waals surface area contributed by atoms with Gasteiger partial charge >= 0.3 is 12.1 Å². The summed E-state index contributed by atoms with van der Waals surface area (Å²) in [6.45, 7) is 2.29. The topological polar surface area (TPSA) is 171 Å². The molecule has 3 aliphatic rings. The number of aliphatic hydroxyl groups is 1. The molecule has 2 aliphatic heterocycles. The Kier molecular flexibility index (Phi) is 9.18. The highest BCUT2D eigenvalue weighted by atomic mass is 16.6. The number of carbonyl (C=O) groups excluding carboxylic acids is 3. The molecule has 60 heavy (non-hydrogen) atoms. The number of nitrogens with one attached hydrogen (secondary N) is 2. The van der Waals surface area contributed by atoms with Gasteiger partial charge in [-0.25, -0.2) is 14.6 Å². The number of benzene rings is 4. The van der Waals surface area contributed by atoms with Gasteiger partial charge in [-0.1, -0.05) is 72.8 Å². The standard InChI is InChI=1S/C47H37N5O8/c1-25-35-20-52-40(17-33-37(45(52)55)23-59-46(56)44(33)54)43(35)51-39-15-14-38-34(42(25)39)16-28(18-48-38)27-12-10-26(11-13-27)21-58-24-50-41(53)19-49-47(57)60-22-36-31-8-4-2-6-29(31)30-7-3-5-9-32(30)36/h2-18,36,44,54H,19-24H2,1H3,(H,49,57)(H,50,53). The molecular formula is C47H37N5O8. The van der Waals surface area contributed by atoms with E-state index >= 15 is 0 Å². The molecule has 4 aromatic carbocycles. The van der Waals surface area contributed by atoms with Crippen molar-refractivity contribution in [3.63, 3.8) is 0 Å². The fourth-order valence-electron chi connectivity index (χ4n) is 8.67. The van der Waals surface area contributed by atoms with Crippen LogP contribution in [0, 0.1) is 6.92 Å². The Labute approximate surface area is 342 Å². The van der Waals surface area contributed by atoms with Crippen LogP contribution in [0.5, 0.6) is 0 Å². The number of alkyl carbamates (subject to hydrolysis) is 1. The van der Waals surface area contributed by atoms with Crippen molar-refractivity contribution in [2.24, 2.45) is 0 Å². The number of carbonyl (C=O) groups is 3. The van der Waals surface area contributed by atoms with E-state index in [4.69, 9.17) is 24.2 Å². The number of esters is 1. The van der Waals surface area contributed by atoms with E-state index in [-0.39, 0.29) is 55.7 Å². The number of cyclic esters (lactones) is 1. The van der Waals surface area contributed by atoms with Crippen molar-refractivity contribution in [2.45, 2.75) is 38.7 Å². The number of amides is 2. The first-order valence-electron chi connectivity index (χ1n) is 19.6. The number of aliphatic hydroxyl groups excluding tert-OH is 1. The molecule has 0 saturated carbocycles. The molecule has 0 saturated heterocycles. The fraction of sp³-hybridized carbons (Fsp3) is 0.191. The summed E-state index contributed by atoms with van der Waals surface area (Å²) in [7, 11) is 0. The molecular weight excluding hydrogens is 763 g/mol. The minimum absolute atomic E-state index is 0.0379. The van der Waals surface area contributed by atoms with Crippen LogP contribution >= 0.6 is 0 Å². The minimum Gasteiger partial charge on any atom is -0.458 e. The second kappa shape index (κ2) is 14.9. The molecule has 13 heteroatoms. The number of fused-ring (bicyclic) bond motifs is 10. The van der Waals surface area contributed by atoms with Gasteiger partial charge in [-0.2, -0.15) is 0 Å². The number of ether oxygens (including phenoxy) is 3. The number of hydrogen-bond donors (Lipinski definition) is 3. The first-order chi connectivity index (χ1) is 29.2. The van der Waals surface area contributed by atoms with Crippen molar-refractivity contribution in [2.75, 3.05) is 19.9 Å². The number of hydrogen-bond acceptors (Lipinski definition) is 10. The van der Waals surface area contributed by atoms with E-state index in [0.717, 1.165) is 71.9 Å². The normalized spacial score (nSPS) is 14.8. The third kappa shape index (κ3) is 6.35. The predicted octanol–water partition coefficient (Wildman–Crippen LogP) is 6.17. The van der Waals surface area contributed by atoms with Crippen molar-refractivity contribution < 1.29 is 33.7 Å². The van der Waals surface area contributed by atoms with E-state index < -0.39 is 24.1 Å². The van der Waals surface area contributed by atoms with Gasteiger partial charge in [0.25, 0.3) is 5.56 Å². The average Bonchev–Trinajstić information content (AvgIpc) is 3.81. The number of pyridine rings is 3. The van der Waals surface area contributed by atoms with Crippen LogP contribution < -0.4 is 16.2 Å². The van der Waals surface area contributed by atoms with E-state index in [1.807, 2.05) is 85.9 Å². The van der Waals surface area contributed by atoms with Crippen LogP contribution in [0.25, 0.3) is 55.4 Å². The van der Waals surface area contributed by atoms with Crippen molar-refractivity contribution in [3.05, 3.63) is 153 Å². The highest BCUT2D eigenvalue weighted by Gasteiger charge is 2.35. The lowest BCUT2D eigenvalue weighted by molar-refractivity contribution is -0.157. The van der Waals surface area contributed by atoms with E-state index in [1.54, 1.807) is 10.6 Å². The van der Waals surface area contributed by atoms with Crippen LogP contribution in [0.2, 0.25) is 0 Å². The second-order valence-electron chi connectivity index (χ2n) is 15.1. The smallest absolute Gasteiger partial charge is 0.407 e. The Balaban J connectivity index is 0.756. The molecule has 13 nitrogen and oxygen atoms in total. The van der Waals surface area contributed by atoms with Crippen LogP contribution in [0.1, 0.15) is 51.0 Å². The van der Waals surface area contributed by atoms with Crippen molar-refractivity contribution in [1.82, 2.24) is 25.2 Å². The predicted molar refractivity (Wildman–Crippen MR) is 222 cm³/mol. The maximum absolute atomic E-state index is 13.5. The first-order valence-corrected chi connectivity index (χ1v) is 19.6. The molecule has 2 amide bonds. The molecule has 0 spiro atoms. The first kappa shape index (κ1) is 37.1. The van der Waals surface area contributed by atoms with Gasteiger partial charge in [0.05, 0.1) is 41.1 Å². The van der Waals surface area contributed by atoms with E-state index in [2.05, 4.69) is 28.8 Å². The number of aromatic nitrogens is 3. The molecule has 3 aromatic heterocycles. The van der Waals surface area contributed by atoms with Gasteiger partial charge in [-0.05, 0) is 70.1 Å². The van der Waals surface area contributed by atoms with Gasteiger partial charge in [-0.3, -0.25) is 14.6 Å². The third-order valence-corrected chi connectivity index (χ3v) is 11.7.